The van der Waals surface area contributed by atoms with Gasteiger partial charge in [0.1, 0.15) is 5.75 Å². The van der Waals surface area contributed by atoms with Gasteiger partial charge in [0, 0.05) is 45.2 Å². The molecule has 1 aromatic rings. The number of hydrogen-bond donors (Lipinski definition) is 1. The van der Waals surface area contributed by atoms with Crippen LogP contribution in [-0.2, 0) is 4.79 Å². The molecule has 5 nitrogen and oxygen atoms in total. The minimum atomic E-state index is 0.00657. The van der Waals surface area contributed by atoms with Crippen LogP contribution in [0.2, 0.25) is 0 Å². The second kappa shape index (κ2) is 8.15. The van der Waals surface area contributed by atoms with E-state index in [1.165, 1.54) is 0 Å². The van der Waals surface area contributed by atoms with Crippen LogP contribution in [0.4, 0.5) is 0 Å². The molecular formula is C17H27N3O2. The number of methoxy groups -OCH3 is 1. The topological polar surface area (TPSA) is 44.8 Å². The van der Waals surface area contributed by atoms with E-state index in [9.17, 15) is 4.79 Å². The second-order valence-electron chi connectivity index (χ2n) is 5.67. The first-order valence-electron chi connectivity index (χ1n) is 7.99. The van der Waals surface area contributed by atoms with Gasteiger partial charge in [-0.2, -0.15) is 0 Å². The minimum absolute atomic E-state index is 0.00657. The first kappa shape index (κ1) is 16.8. The van der Waals surface area contributed by atoms with Crippen LogP contribution in [0.1, 0.15) is 25.5 Å². The van der Waals surface area contributed by atoms with Crippen LogP contribution in [0, 0.1) is 0 Å². The third-order valence-electron chi connectivity index (χ3n) is 4.34. The van der Waals surface area contributed by atoms with Gasteiger partial charge in [-0.25, -0.2) is 0 Å². The van der Waals surface area contributed by atoms with E-state index in [0.717, 1.165) is 44.0 Å². The molecule has 1 aliphatic rings. The van der Waals surface area contributed by atoms with E-state index in [1.807, 2.05) is 18.2 Å². The number of benzene rings is 1. The van der Waals surface area contributed by atoms with Gasteiger partial charge in [-0.1, -0.05) is 25.1 Å². The van der Waals surface area contributed by atoms with Gasteiger partial charge in [0.25, 0.3) is 0 Å². The van der Waals surface area contributed by atoms with Crippen molar-refractivity contribution in [3.05, 3.63) is 29.8 Å². The second-order valence-corrected chi connectivity index (χ2v) is 5.67. The molecule has 22 heavy (non-hydrogen) atoms. The Morgan fingerprint density at radius 1 is 1.27 bits per heavy atom. The van der Waals surface area contributed by atoms with Crippen molar-refractivity contribution >= 4 is 5.91 Å². The number of carbonyl (C=O) groups excluding carboxylic acids is 1. The highest BCUT2D eigenvalue weighted by molar-refractivity contribution is 5.72. The highest BCUT2D eigenvalue weighted by Gasteiger charge is 2.26. The zero-order chi connectivity index (χ0) is 15.9. The highest BCUT2D eigenvalue weighted by atomic mass is 16.5. The quantitative estimate of drug-likeness (QED) is 0.865. The maximum atomic E-state index is 11.3. The zero-order valence-corrected chi connectivity index (χ0v) is 13.8. The monoisotopic (exact) mass is 305 g/mol. The van der Waals surface area contributed by atoms with Crippen LogP contribution in [0.15, 0.2) is 24.3 Å². The van der Waals surface area contributed by atoms with Crippen molar-refractivity contribution in [2.45, 2.75) is 19.9 Å². The minimum Gasteiger partial charge on any atom is -0.496 e. The summed E-state index contributed by atoms with van der Waals surface area (Å²) in [5.41, 5.74) is 1.14. The van der Waals surface area contributed by atoms with Crippen molar-refractivity contribution in [2.75, 3.05) is 46.4 Å². The molecule has 0 saturated carbocycles. The van der Waals surface area contributed by atoms with E-state index < -0.39 is 0 Å². The largest absolute Gasteiger partial charge is 0.496 e. The molecule has 122 valence electrons. The summed E-state index contributed by atoms with van der Waals surface area (Å²) in [4.78, 5) is 16.2. The molecule has 1 aliphatic heterocycles. The number of hydrogen-bond acceptors (Lipinski definition) is 4. The van der Waals surface area contributed by atoms with Crippen LogP contribution in [0.3, 0.4) is 0 Å². The summed E-state index contributed by atoms with van der Waals surface area (Å²) >= 11 is 0. The molecule has 1 atom stereocenters. The molecule has 1 N–H and O–H groups in total. The number of carbonyl (C=O) groups is 1. The predicted octanol–water partition coefficient (Wildman–Crippen LogP) is 1.51. The fourth-order valence-electron chi connectivity index (χ4n) is 3.01. The summed E-state index contributed by atoms with van der Waals surface area (Å²) in [5, 5.41) is 2.97. The Morgan fingerprint density at radius 2 is 1.95 bits per heavy atom. The van der Waals surface area contributed by atoms with E-state index in [2.05, 4.69) is 28.1 Å². The molecule has 1 fully saturated rings. The van der Waals surface area contributed by atoms with E-state index in [-0.39, 0.29) is 11.9 Å². The Bertz CT molecular complexity index is 485. The summed E-state index contributed by atoms with van der Waals surface area (Å²) in [5.74, 6) is 0.892. The number of piperazine rings is 1. The van der Waals surface area contributed by atoms with Crippen molar-refractivity contribution < 1.29 is 9.53 Å². The van der Waals surface area contributed by atoms with Crippen LogP contribution < -0.4 is 10.1 Å². The molecule has 0 aliphatic carbocycles. The molecule has 1 heterocycles. The lowest BCUT2D eigenvalue weighted by atomic mass is 10.0. The number of nitrogens with one attached hydrogen (secondary N) is 1. The Balaban J connectivity index is 2.17. The molecule has 1 aromatic carbocycles. The Kier molecular flexibility index (Phi) is 6.21. The Labute approximate surface area is 133 Å². The maximum Gasteiger partial charge on any atom is 0.216 e. The van der Waals surface area contributed by atoms with E-state index >= 15 is 0 Å². The predicted molar refractivity (Wildman–Crippen MR) is 88.1 cm³/mol. The standard InChI is InChI=1S/C17H27N3O2/c1-4-19-9-11-20(12-10-19)16(13-18-14(2)21)15-7-5-6-8-17(15)22-3/h5-8,16H,4,9-13H2,1-3H3,(H,18,21). The number of nitrogens with zero attached hydrogens (tertiary/aromatic N) is 2. The first-order valence-corrected chi connectivity index (χ1v) is 7.99. The van der Waals surface area contributed by atoms with Gasteiger partial charge in [-0.05, 0) is 12.6 Å². The lowest BCUT2D eigenvalue weighted by Crippen LogP contribution is -2.49. The van der Waals surface area contributed by atoms with Gasteiger partial charge in [0.05, 0.1) is 13.2 Å². The van der Waals surface area contributed by atoms with Crippen LogP contribution in [0.5, 0.6) is 5.75 Å². The molecule has 1 amide bonds. The Morgan fingerprint density at radius 3 is 2.55 bits per heavy atom. The summed E-state index contributed by atoms with van der Waals surface area (Å²) in [7, 11) is 1.70. The smallest absolute Gasteiger partial charge is 0.216 e. The fraction of sp³-hybridized carbons (Fsp3) is 0.588. The van der Waals surface area contributed by atoms with Gasteiger partial charge in [-0.15, -0.1) is 0 Å². The van der Waals surface area contributed by atoms with Crippen LogP contribution >= 0.6 is 0 Å². The molecule has 2 rings (SSSR count). The molecule has 0 aromatic heterocycles. The molecule has 1 unspecified atom stereocenters. The van der Waals surface area contributed by atoms with Crippen molar-refractivity contribution in [1.82, 2.24) is 15.1 Å². The van der Waals surface area contributed by atoms with Crippen molar-refractivity contribution in [2.24, 2.45) is 0 Å². The third kappa shape index (κ3) is 4.21. The van der Waals surface area contributed by atoms with Crippen molar-refractivity contribution in [3.63, 3.8) is 0 Å². The molecule has 0 radical (unpaired) electrons. The summed E-state index contributed by atoms with van der Waals surface area (Å²) in [6, 6.07) is 8.24. The number of amides is 1. The Hall–Kier alpha value is -1.59. The third-order valence-corrected chi connectivity index (χ3v) is 4.34. The fourth-order valence-corrected chi connectivity index (χ4v) is 3.01. The molecule has 5 heteroatoms. The van der Waals surface area contributed by atoms with E-state index in [4.69, 9.17) is 4.74 Å². The van der Waals surface area contributed by atoms with E-state index in [1.54, 1.807) is 14.0 Å². The zero-order valence-electron chi connectivity index (χ0n) is 13.8. The van der Waals surface area contributed by atoms with E-state index in [0.29, 0.717) is 6.54 Å². The van der Waals surface area contributed by atoms with Gasteiger partial charge >= 0.3 is 0 Å². The van der Waals surface area contributed by atoms with Gasteiger partial charge < -0.3 is 15.0 Å². The number of likely N-dealkylation sites (N-methyl/N-ethyl adjacent to an activating group) is 1. The summed E-state index contributed by atoms with van der Waals surface area (Å²) in [6.45, 7) is 9.64. The summed E-state index contributed by atoms with van der Waals surface area (Å²) in [6.07, 6.45) is 0. The number of para-hydroxylation sites is 1. The van der Waals surface area contributed by atoms with Crippen molar-refractivity contribution in [1.29, 1.82) is 0 Å². The van der Waals surface area contributed by atoms with Crippen LogP contribution in [-0.4, -0.2) is 62.1 Å². The van der Waals surface area contributed by atoms with Crippen LogP contribution in [0.25, 0.3) is 0 Å². The molecule has 0 spiro atoms. The average Bonchev–Trinajstić information content (AvgIpc) is 2.55. The first-order chi connectivity index (χ1) is 10.7. The van der Waals surface area contributed by atoms with Gasteiger partial charge in [0.15, 0.2) is 0 Å². The SMILES string of the molecule is CCN1CCN(C(CNC(C)=O)c2ccccc2OC)CC1. The van der Waals surface area contributed by atoms with Gasteiger partial charge in [0.2, 0.25) is 5.91 Å². The lowest BCUT2D eigenvalue weighted by Gasteiger charge is -2.39. The normalized spacial score (nSPS) is 18.0. The molecular weight excluding hydrogens is 278 g/mol. The highest BCUT2D eigenvalue weighted by Crippen LogP contribution is 2.29. The van der Waals surface area contributed by atoms with Gasteiger partial charge in [-0.3, -0.25) is 9.69 Å². The molecule has 1 saturated heterocycles. The number of rotatable bonds is 6. The average molecular weight is 305 g/mol. The maximum absolute atomic E-state index is 11.3. The lowest BCUT2D eigenvalue weighted by molar-refractivity contribution is -0.119. The molecule has 0 bridgehead atoms. The number of ether oxygens (including phenoxy) is 1. The summed E-state index contributed by atoms with van der Waals surface area (Å²) < 4.78 is 5.52. The van der Waals surface area contributed by atoms with Crippen molar-refractivity contribution in [3.8, 4) is 5.75 Å².